The summed E-state index contributed by atoms with van der Waals surface area (Å²) in [7, 11) is 0. The summed E-state index contributed by atoms with van der Waals surface area (Å²) in [5, 5.41) is 9.81. The molecule has 0 aromatic carbocycles. The molecule has 0 N–H and O–H groups in total. The van der Waals surface area contributed by atoms with Gasteiger partial charge in [-0.05, 0) is 51.5 Å². The van der Waals surface area contributed by atoms with Crippen molar-refractivity contribution in [3.05, 3.63) is 64.6 Å². The van der Waals surface area contributed by atoms with Gasteiger partial charge in [0.25, 0.3) is 0 Å². The largest absolute Gasteiger partial charge is 0.488 e. The molecular weight excluding hydrogens is 551 g/mol. The number of rotatable bonds is 5. The fourth-order valence-electron chi connectivity index (χ4n) is 5.30. The van der Waals surface area contributed by atoms with E-state index < -0.39 is 17.0 Å². The van der Waals surface area contributed by atoms with Gasteiger partial charge < -0.3 is 19.1 Å². The number of hydrogen-bond acceptors (Lipinski definition) is 7. The van der Waals surface area contributed by atoms with E-state index in [1.54, 1.807) is 21.7 Å². The molecule has 1 amide bonds. The molecule has 4 aromatic rings. The molecule has 12 heteroatoms. The first-order valence-electron chi connectivity index (χ1n) is 13.6. The van der Waals surface area contributed by atoms with Crippen LogP contribution in [0.2, 0.25) is 5.02 Å². The Hall–Kier alpha value is -3.70. The van der Waals surface area contributed by atoms with Gasteiger partial charge in [-0.1, -0.05) is 11.6 Å². The second-order valence-electron chi connectivity index (χ2n) is 11.5. The van der Waals surface area contributed by atoms with Crippen LogP contribution in [0.15, 0.2) is 36.8 Å². The van der Waals surface area contributed by atoms with E-state index in [0.717, 1.165) is 22.5 Å². The van der Waals surface area contributed by atoms with Crippen molar-refractivity contribution in [1.82, 2.24) is 29.3 Å². The minimum atomic E-state index is -0.769. The first-order valence-corrected chi connectivity index (χ1v) is 14.0. The van der Waals surface area contributed by atoms with Gasteiger partial charge in [0.2, 0.25) is 0 Å². The number of fused-ring (bicyclic) bond motifs is 2. The maximum absolute atomic E-state index is 13.5. The van der Waals surface area contributed by atoms with Crippen LogP contribution in [0.25, 0.3) is 16.8 Å². The van der Waals surface area contributed by atoms with Crippen LogP contribution in [0.1, 0.15) is 44.1 Å². The van der Waals surface area contributed by atoms with Gasteiger partial charge in [-0.3, -0.25) is 9.67 Å². The van der Waals surface area contributed by atoms with Crippen molar-refractivity contribution in [1.29, 1.82) is 0 Å². The Morgan fingerprint density at radius 2 is 2.02 bits per heavy atom. The summed E-state index contributed by atoms with van der Waals surface area (Å²) < 4.78 is 35.0. The standard InChI is InChI=1S/C29H32ClFN6O4/c1-18-22-7-9-35(27(38)41-28(2,3)4)10-11-36(22)34-25(18)19-13-23(26-21(30)15-33-37(26)16-19)39-17-29(8-12-40-29)24-6-5-20(31)14-32-24/h5-6,13-16H,7-12,17H2,1-4H3. The summed E-state index contributed by atoms with van der Waals surface area (Å²) in [6.45, 7) is 9.97. The van der Waals surface area contributed by atoms with E-state index >= 15 is 0 Å². The monoisotopic (exact) mass is 582 g/mol. The molecule has 0 aliphatic carbocycles. The molecule has 0 bridgehead atoms. The number of ether oxygens (including phenoxy) is 3. The van der Waals surface area contributed by atoms with Gasteiger partial charge >= 0.3 is 6.09 Å². The minimum Gasteiger partial charge on any atom is -0.488 e. The van der Waals surface area contributed by atoms with Crippen LogP contribution in [0.4, 0.5) is 9.18 Å². The molecule has 10 nitrogen and oxygen atoms in total. The van der Waals surface area contributed by atoms with Gasteiger partial charge in [0.15, 0.2) is 0 Å². The molecule has 1 fully saturated rings. The molecule has 0 radical (unpaired) electrons. The summed E-state index contributed by atoms with van der Waals surface area (Å²) in [4.78, 5) is 18.6. The molecule has 2 aliphatic heterocycles. The molecule has 2 aliphatic rings. The van der Waals surface area contributed by atoms with Gasteiger partial charge in [0, 0.05) is 43.4 Å². The van der Waals surface area contributed by atoms with Crippen molar-refractivity contribution < 1.29 is 23.4 Å². The lowest BCUT2D eigenvalue weighted by Crippen LogP contribution is -2.46. The zero-order valence-corrected chi connectivity index (χ0v) is 24.2. The SMILES string of the molecule is Cc1c(-c2cc(OCC3(c4ccc(F)cn4)CCO3)c3c(Cl)cnn3c2)nn2c1CCN(C(=O)OC(C)(C)C)CC2. The lowest BCUT2D eigenvalue weighted by Gasteiger charge is -2.40. The highest BCUT2D eigenvalue weighted by Gasteiger charge is 2.43. The predicted octanol–water partition coefficient (Wildman–Crippen LogP) is 5.18. The molecule has 6 rings (SSSR count). The number of hydrogen-bond donors (Lipinski definition) is 0. The number of nitrogens with zero attached hydrogens (tertiary/aromatic N) is 6. The summed E-state index contributed by atoms with van der Waals surface area (Å²) in [6.07, 6.45) is 5.68. The third-order valence-electron chi connectivity index (χ3n) is 7.52. The number of halogens is 2. The van der Waals surface area contributed by atoms with Crippen molar-refractivity contribution in [3.63, 3.8) is 0 Å². The van der Waals surface area contributed by atoms with Crippen LogP contribution in [-0.4, -0.2) is 67.3 Å². The fourth-order valence-corrected chi connectivity index (χ4v) is 5.53. The zero-order valence-electron chi connectivity index (χ0n) is 23.5. The van der Waals surface area contributed by atoms with Gasteiger partial charge in [-0.2, -0.15) is 10.2 Å². The molecule has 216 valence electrons. The van der Waals surface area contributed by atoms with Crippen molar-refractivity contribution in [2.75, 3.05) is 26.3 Å². The van der Waals surface area contributed by atoms with Crippen LogP contribution in [0.3, 0.4) is 0 Å². The molecule has 1 unspecified atom stereocenters. The summed E-state index contributed by atoms with van der Waals surface area (Å²) in [5.74, 6) is 0.122. The first kappa shape index (κ1) is 27.5. The molecule has 4 aromatic heterocycles. The summed E-state index contributed by atoms with van der Waals surface area (Å²) in [6, 6.07) is 4.91. The third-order valence-corrected chi connectivity index (χ3v) is 7.79. The molecular formula is C29H32ClFN6O4. The van der Waals surface area contributed by atoms with E-state index in [1.165, 1.54) is 12.3 Å². The maximum atomic E-state index is 13.5. The molecule has 1 saturated heterocycles. The molecule has 0 spiro atoms. The van der Waals surface area contributed by atoms with Crippen LogP contribution in [0, 0.1) is 12.7 Å². The first-order chi connectivity index (χ1) is 19.5. The minimum absolute atomic E-state index is 0.172. The van der Waals surface area contributed by atoms with E-state index in [0.29, 0.717) is 61.1 Å². The van der Waals surface area contributed by atoms with Crippen molar-refractivity contribution in [3.8, 4) is 17.0 Å². The number of aromatic nitrogens is 5. The second-order valence-corrected chi connectivity index (χ2v) is 11.9. The smallest absolute Gasteiger partial charge is 0.410 e. The Morgan fingerprint density at radius 3 is 2.71 bits per heavy atom. The van der Waals surface area contributed by atoms with Crippen LogP contribution >= 0.6 is 11.6 Å². The van der Waals surface area contributed by atoms with Crippen LogP contribution in [0.5, 0.6) is 5.75 Å². The van der Waals surface area contributed by atoms with E-state index in [2.05, 4.69) is 10.1 Å². The Labute approximate surface area is 242 Å². The average Bonchev–Trinajstić information content (AvgIpc) is 3.33. The highest BCUT2D eigenvalue weighted by Crippen LogP contribution is 2.39. The lowest BCUT2D eigenvalue weighted by atomic mass is 9.91. The predicted molar refractivity (Wildman–Crippen MR) is 150 cm³/mol. The van der Waals surface area contributed by atoms with Crippen molar-refractivity contribution in [2.24, 2.45) is 0 Å². The van der Waals surface area contributed by atoms with E-state index in [4.69, 9.17) is 30.9 Å². The van der Waals surface area contributed by atoms with Gasteiger partial charge in [-0.15, -0.1) is 0 Å². The highest BCUT2D eigenvalue weighted by molar-refractivity contribution is 6.34. The average molecular weight is 583 g/mol. The molecule has 6 heterocycles. The Balaban J connectivity index is 1.28. The fraction of sp³-hybridized carbons (Fsp3) is 0.448. The van der Waals surface area contributed by atoms with Crippen LogP contribution in [-0.2, 0) is 28.0 Å². The normalized spacial score (nSPS) is 19.0. The Kier molecular flexibility index (Phi) is 6.89. The van der Waals surface area contributed by atoms with Crippen LogP contribution < -0.4 is 4.74 Å². The quantitative estimate of drug-likeness (QED) is 0.320. The molecule has 1 atom stereocenters. The van der Waals surface area contributed by atoms with Gasteiger partial charge in [-0.25, -0.2) is 13.7 Å². The number of amides is 1. The molecule has 0 saturated carbocycles. The van der Waals surface area contributed by atoms with Gasteiger partial charge in [0.05, 0.1) is 42.0 Å². The number of carbonyl (C=O) groups excluding carboxylic acids is 1. The van der Waals surface area contributed by atoms with Crippen molar-refractivity contribution in [2.45, 2.75) is 58.3 Å². The Bertz CT molecular complexity index is 1610. The number of pyridine rings is 2. The van der Waals surface area contributed by atoms with Gasteiger partial charge in [0.1, 0.15) is 34.9 Å². The summed E-state index contributed by atoms with van der Waals surface area (Å²) in [5.41, 5.74) is 3.64. The zero-order chi connectivity index (χ0) is 28.9. The number of carbonyl (C=O) groups is 1. The van der Waals surface area contributed by atoms with E-state index in [1.807, 2.05) is 44.6 Å². The topological polar surface area (TPSA) is 96.0 Å². The van der Waals surface area contributed by atoms with E-state index in [9.17, 15) is 9.18 Å². The Morgan fingerprint density at radius 1 is 1.22 bits per heavy atom. The van der Waals surface area contributed by atoms with E-state index in [-0.39, 0.29) is 12.7 Å². The lowest BCUT2D eigenvalue weighted by molar-refractivity contribution is -0.175. The summed E-state index contributed by atoms with van der Waals surface area (Å²) >= 11 is 6.51. The van der Waals surface area contributed by atoms with Crippen molar-refractivity contribution >= 4 is 23.2 Å². The third kappa shape index (κ3) is 5.24. The second kappa shape index (κ2) is 10.3. The molecule has 41 heavy (non-hydrogen) atoms. The highest BCUT2D eigenvalue weighted by atomic mass is 35.5. The maximum Gasteiger partial charge on any atom is 0.410 e.